The number of nitrogens with zero attached hydrogens (tertiary/aromatic N) is 2. The molecule has 0 saturated heterocycles. The van der Waals surface area contributed by atoms with Crippen LogP contribution in [0.15, 0.2) is 0 Å². The average molecular weight is 1860 g/mol. The minimum absolute atomic E-state index is 0.0630. The summed E-state index contributed by atoms with van der Waals surface area (Å²) in [4.78, 5) is 111. The van der Waals surface area contributed by atoms with E-state index >= 15 is 0 Å². The summed E-state index contributed by atoms with van der Waals surface area (Å²) in [6, 6.07) is 0. The molecule has 0 aromatic heterocycles. The van der Waals surface area contributed by atoms with E-state index in [4.69, 9.17) is 72.7 Å². The summed E-state index contributed by atoms with van der Waals surface area (Å²) < 4.78 is 53.7. The molecule has 0 radical (unpaired) electrons. The molecule has 0 aliphatic heterocycles. The van der Waals surface area contributed by atoms with Crippen LogP contribution in [0.2, 0.25) is 0 Å². The van der Waals surface area contributed by atoms with E-state index in [1.54, 1.807) is 41.5 Å². The van der Waals surface area contributed by atoms with Crippen molar-refractivity contribution in [2.45, 2.75) is 547 Å². The third-order valence-electron chi connectivity index (χ3n) is 24.5. The van der Waals surface area contributed by atoms with E-state index in [9.17, 15) is 38.4 Å². The largest absolute Gasteiger partial charge is 0.463 e. The Labute approximate surface area is 799 Å². The number of hydrogen-bond acceptors (Lipinski definition) is 20. The molecule has 0 saturated carbocycles. The maximum atomic E-state index is 13.1. The lowest BCUT2D eigenvalue weighted by molar-refractivity contribution is -0.167. The van der Waals surface area contributed by atoms with Gasteiger partial charge in [-0.3, -0.25) is 38.4 Å². The molecule has 0 amide bonds. The molecule has 3 unspecified atom stereocenters. The Kier molecular flexibility index (Phi) is 87.6. The normalized spacial score (nSPS) is 13.2. The minimum Gasteiger partial charge on any atom is -0.463 e. The number of carbonyl (C=O) groups is 8. The third-order valence-corrected chi connectivity index (χ3v) is 25.8. The highest BCUT2D eigenvalue weighted by Crippen LogP contribution is 2.40. The van der Waals surface area contributed by atoms with Crippen LogP contribution in [0.4, 0.5) is 0 Å². The molecule has 5 atom stereocenters. The van der Waals surface area contributed by atoms with Crippen LogP contribution in [0.1, 0.15) is 519 Å². The Hall–Kier alpha value is -4.90. The molecule has 0 bridgehead atoms. The number of rotatable bonds is 93. The van der Waals surface area contributed by atoms with Crippen LogP contribution in [0, 0.1) is 18.6 Å². The minimum atomic E-state index is -1.15. The fourth-order valence-electron chi connectivity index (χ4n) is 16.4. The molecule has 0 aliphatic rings. The van der Waals surface area contributed by atoms with E-state index in [1.165, 1.54) is 328 Å². The fourth-order valence-corrected chi connectivity index (χ4v) is 18.1. The monoisotopic (exact) mass is 1860 g/mol. The molecule has 0 N–H and O–H groups in total. The Bertz CT molecular complexity index is 2830. The van der Waals surface area contributed by atoms with Gasteiger partial charge in [-0.15, -0.1) is 11.8 Å². The lowest BCUT2D eigenvalue weighted by Crippen LogP contribution is -2.42. The second kappa shape index (κ2) is 89.6. The van der Waals surface area contributed by atoms with E-state index in [-0.39, 0.29) is 123 Å². The molecule has 752 valence electrons. The molecule has 0 aliphatic carbocycles. The van der Waals surface area contributed by atoms with Crippen LogP contribution in [-0.2, 0) is 85.7 Å². The number of thioether (sulfide) groups is 1. The smallest absolute Gasteiger partial charge is 0.322 e. The maximum absolute atomic E-state index is 13.1. The molecular weight excluding hydrogens is 1670 g/mol. The molecule has 20 nitrogen and oxygen atoms in total. The van der Waals surface area contributed by atoms with E-state index in [0.717, 1.165) is 70.6 Å². The summed E-state index contributed by atoms with van der Waals surface area (Å²) in [6.07, 6.45) is 74.0. The van der Waals surface area contributed by atoms with Crippen molar-refractivity contribution in [2.75, 3.05) is 67.1 Å². The average Bonchev–Trinajstić information content (AvgIpc) is 0.787. The quantitative estimate of drug-likeness (QED) is 0.0181. The van der Waals surface area contributed by atoms with Gasteiger partial charge in [0, 0.05) is 77.2 Å². The van der Waals surface area contributed by atoms with Crippen LogP contribution < -0.4 is 0 Å². The highest BCUT2D eigenvalue weighted by atomic mass is 32.2. The highest BCUT2D eigenvalue weighted by molar-refractivity contribution is 8.24. The first-order chi connectivity index (χ1) is 62.3. The maximum Gasteiger partial charge on any atom is 0.322 e. The molecule has 0 rings (SSSR count). The van der Waals surface area contributed by atoms with Gasteiger partial charge in [-0.2, -0.15) is 0 Å². The van der Waals surface area contributed by atoms with E-state index in [1.807, 2.05) is 0 Å². The van der Waals surface area contributed by atoms with Gasteiger partial charge in [0.25, 0.3) is 0 Å². The van der Waals surface area contributed by atoms with Crippen molar-refractivity contribution >= 4 is 75.9 Å². The zero-order valence-corrected chi connectivity index (χ0v) is 86.5. The first-order valence-electron chi connectivity index (χ1n) is 52.6. The molecule has 0 aromatic rings. The molecule has 0 fully saturated rings. The standard InChI is InChI=1S/C54H97NO9S2.C53H97NO9/c1-8-10-12-14-16-18-20-22-24-26-28-30-32-34-36-38-49(56)62-44-48(64-51(58)39-37-35-33-31-29-27-25-23-21-19-17-15-13-11-9-2)45-63-50(57)40-41-53(4,55-6)46-54(5,66-47(3)65)52(59)61-43-42-60-7;1-8-10-12-14-16-18-20-22-24-26-28-30-32-34-36-38-48(55)61-44-47(63-50(57)39-37-35-33-31-29-27-25-23-21-19-17-15-13-11-9-2)45-62-49(56)40-41-53(5,54-6)46-52(3,4)51(58)60-43-42-59-7/h48H,8-46H2,1-5,7H3;47H,8-46H2,1-5,7H3/t48-,53?,54?;47-,53?/m11/s1. The number of carbonyl (C=O) groups excluding carboxylic acids is 8. The number of esters is 8. The van der Waals surface area contributed by atoms with Crippen molar-refractivity contribution < 1.29 is 85.7 Å². The topological polar surface area (TPSA) is 238 Å². The number of hydrogen-bond donors (Lipinski definition) is 0. The van der Waals surface area contributed by atoms with Gasteiger partial charge in [-0.05, 0) is 53.4 Å². The highest BCUT2D eigenvalue weighted by Gasteiger charge is 2.47. The second-order valence-electron chi connectivity index (χ2n) is 38.3. The molecule has 0 aromatic carbocycles. The lowest BCUT2D eigenvalue weighted by atomic mass is 9.77. The SMILES string of the molecule is [C-]#[N+]C(C)(CCC(=O)OC[C@@H](COC(=O)CCCCCCCCCCCCCCCCC)OC(=O)CCCCCCCCCCCCCCCCC)CC(C)(C)C(=O)OCCOC.[C-]#[N+]C(C)(CCC(=O)OC[C@@H](COC(=O)CCCCCCCCCCCCCCCCC)OC(=O)CCCCCCCCCCCCCCCCC)CC(C)(SC(C)=S)C(=O)OCCOC. The summed E-state index contributed by atoms with van der Waals surface area (Å²) in [7, 11) is 3.04. The third kappa shape index (κ3) is 82.3. The predicted octanol–water partition coefficient (Wildman–Crippen LogP) is 30.0. The van der Waals surface area contributed by atoms with E-state index in [0.29, 0.717) is 23.5 Å². The van der Waals surface area contributed by atoms with Gasteiger partial charge in [0.1, 0.15) is 44.4 Å². The van der Waals surface area contributed by atoms with Gasteiger partial charge in [-0.1, -0.05) is 399 Å². The van der Waals surface area contributed by atoms with Gasteiger partial charge in [-0.25, -0.2) is 13.1 Å². The van der Waals surface area contributed by atoms with E-state index < -0.39 is 69.3 Å². The van der Waals surface area contributed by atoms with Crippen molar-refractivity contribution in [3.8, 4) is 0 Å². The van der Waals surface area contributed by atoms with Crippen LogP contribution in [0.25, 0.3) is 9.69 Å². The van der Waals surface area contributed by atoms with Gasteiger partial charge in [0.2, 0.25) is 11.1 Å². The molecular formula is C107H194N2O18S2. The second-order valence-corrected chi connectivity index (χ2v) is 40.9. The van der Waals surface area contributed by atoms with E-state index in [2.05, 4.69) is 37.4 Å². The Morgan fingerprint density at radius 1 is 0.287 bits per heavy atom. The van der Waals surface area contributed by atoms with Gasteiger partial charge in [0.05, 0.1) is 37.9 Å². The van der Waals surface area contributed by atoms with Gasteiger partial charge in [0.15, 0.2) is 12.2 Å². The molecule has 129 heavy (non-hydrogen) atoms. The first kappa shape index (κ1) is 126. The zero-order valence-electron chi connectivity index (χ0n) is 84.9. The molecule has 0 heterocycles. The molecule has 22 heteroatoms. The van der Waals surface area contributed by atoms with Crippen molar-refractivity contribution in [1.29, 1.82) is 0 Å². The number of unbranched alkanes of at least 4 members (excludes halogenated alkanes) is 56. The summed E-state index contributed by atoms with van der Waals surface area (Å²) in [5.74, 6) is -3.60. The number of thiocarbonyl (C=S) groups is 1. The lowest BCUT2D eigenvalue weighted by Gasteiger charge is -2.30. The summed E-state index contributed by atoms with van der Waals surface area (Å²) in [5, 5.41) is 0. The summed E-state index contributed by atoms with van der Waals surface area (Å²) >= 11 is 6.48. The van der Waals surface area contributed by atoms with Crippen molar-refractivity contribution in [3.63, 3.8) is 0 Å². The molecule has 0 spiro atoms. The van der Waals surface area contributed by atoms with Crippen molar-refractivity contribution in [2.24, 2.45) is 5.41 Å². The predicted molar refractivity (Wildman–Crippen MR) is 533 cm³/mol. The Morgan fingerprint density at radius 3 is 0.721 bits per heavy atom. The van der Waals surface area contributed by atoms with Gasteiger partial charge >= 0.3 is 47.8 Å². The fraction of sp³-hybridized carbons (Fsp3) is 0.897. The van der Waals surface area contributed by atoms with Crippen LogP contribution in [0.5, 0.6) is 0 Å². The number of ether oxygens (including phenoxy) is 10. The van der Waals surface area contributed by atoms with Crippen LogP contribution >= 0.6 is 24.0 Å². The zero-order chi connectivity index (χ0) is 95.7. The van der Waals surface area contributed by atoms with Crippen LogP contribution in [-0.4, -0.2) is 147 Å². The summed E-state index contributed by atoms with van der Waals surface area (Å²) in [5.41, 5.74) is -3.06. The van der Waals surface area contributed by atoms with Crippen molar-refractivity contribution in [3.05, 3.63) is 22.8 Å². The van der Waals surface area contributed by atoms with Crippen LogP contribution in [0.3, 0.4) is 0 Å². The number of methoxy groups -OCH3 is 2. The Balaban J connectivity index is 0. The summed E-state index contributed by atoms with van der Waals surface area (Å²) in [6.45, 7) is 34.9. The Morgan fingerprint density at radius 2 is 0.496 bits per heavy atom. The van der Waals surface area contributed by atoms with Crippen molar-refractivity contribution in [1.82, 2.24) is 0 Å². The first-order valence-corrected chi connectivity index (χ1v) is 53.8. The van der Waals surface area contributed by atoms with Gasteiger partial charge < -0.3 is 57.1 Å².